The minimum atomic E-state index is -0.268. The van der Waals surface area contributed by atoms with E-state index in [1.165, 1.54) is 12.1 Å². The van der Waals surface area contributed by atoms with Crippen molar-refractivity contribution in [1.29, 1.82) is 0 Å². The Kier molecular flexibility index (Phi) is 4.94. The molecule has 1 heterocycles. The first kappa shape index (κ1) is 19.4. The van der Waals surface area contributed by atoms with Gasteiger partial charge in [0.1, 0.15) is 11.6 Å². The molecule has 0 saturated carbocycles. The standard InChI is InChI=1S/C26H23FN2O2/c1-31-20-12-8-17(9-13-20)26-25-23(28-21-4-2-3-5-22(21)29-26)14-18(15-24(25)30)16-6-10-19(27)11-7-16/h2-13,18,26,28-29H,14-15H2,1H3. The average Bonchev–Trinajstić information content (AvgIpc) is 2.96. The molecule has 2 N–H and O–H groups in total. The maximum absolute atomic E-state index is 13.5. The number of benzene rings is 3. The minimum absolute atomic E-state index is 0.0149. The van der Waals surface area contributed by atoms with Gasteiger partial charge in [-0.2, -0.15) is 0 Å². The summed E-state index contributed by atoms with van der Waals surface area (Å²) in [4.78, 5) is 13.5. The second-order valence-corrected chi connectivity index (χ2v) is 7.99. The zero-order valence-corrected chi connectivity index (χ0v) is 17.2. The fourth-order valence-electron chi connectivity index (χ4n) is 4.51. The second-order valence-electron chi connectivity index (χ2n) is 7.99. The third kappa shape index (κ3) is 3.67. The molecule has 3 aromatic rings. The summed E-state index contributed by atoms with van der Waals surface area (Å²) in [6.45, 7) is 0. The van der Waals surface area contributed by atoms with E-state index < -0.39 is 0 Å². The Morgan fingerprint density at radius 3 is 2.26 bits per heavy atom. The lowest BCUT2D eigenvalue weighted by Crippen LogP contribution is -2.26. The molecule has 2 aliphatic rings. The highest BCUT2D eigenvalue weighted by atomic mass is 19.1. The van der Waals surface area contributed by atoms with Crippen molar-refractivity contribution < 1.29 is 13.9 Å². The van der Waals surface area contributed by atoms with Crippen LogP contribution in [-0.4, -0.2) is 12.9 Å². The first-order valence-electron chi connectivity index (χ1n) is 10.4. The molecule has 0 radical (unpaired) electrons. The molecule has 0 amide bonds. The fraction of sp³-hybridized carbons (Fsp3) is 0.192. The predicted molar refractivity (Wildman–Crippen MR) is 120 cm³/mol. The summed E-state index contributed by atoms with van der Waals surface area (Å²) in [5.41, 5.74) is 5.56. The van der Waals surface area contributed by atoms with E-state index in [2.05, 4.69) is 10.6 Å². The maximum atomic E-state index is 13.5. The molecule has 2 unspecified atom stereocenters. The van der Waals surface area contributed by atoms with Gasteiger partial charge in [-0.3, -0.25) is 4.79 Å². The van der Waals surface area contributed by atoms with Crippen LogP contribution in [0.5, 0.6) is 5.75 Å². The van der Waals surface area contributed by atoms with Gasteiger partial charge in [-0.15, -0.1) is 0 Å². The third-order valence-electron chi connectivity index (χ3n) is 6.10. The fourth-order valence-corrected chi connectivity index (χ4v) is 4.51. The van der Waals surface area contributed by atoms with E-state index in [-0.39, 0.29) is 23.6 Å². The number of carbonyl (C=O) groups excluding carboxylic acids is 1. The third-order valence-corrected chi connectivity index (χ3v) is 6.10. The zero-order chi connectivity index (χ0) is 21.4. The van der Waals surface area contributed by atoms with Gasteiger partial charge in [0.15, 0.2) is 5.78 Å². The Morgan fingerprint density at radius 1 is 0.871 bits per heavy atom. The van der Waals surface area contributed by atoms with Crippen molar-refractivity contribution >= 4 is 17.2 Å². The molecule has 0 saturated heterocycles. The molecule has 5 heteroatoms. The van der Waals surface area contributed by atoms with Crippen LogP contribution in [0.4, 0.5) is 15.8 Å². The van der Waals surface area contributed by atoms with Gasteiger partial charge in [-0.1, -0.05) is 36.4 Å². The van der Waals surface area contributed by atoms with Gasteiger partial charge >= 0.3 is 0 Å². The summed E-state index contributed by atoms with van der Waals surface area (Å²) in [6, 6.07) is 22.0. The van der Waals surface area contributed by atoms with Crippen LogP contribution in [0.25, 0.3) is 0 Å². The van der Waals surface area contributed by atoms with Crippen LogP contribution in [-0.2, 0) is 4.79 Å². The number of ether oxygens (including phenoxy) is 1. The monoisotopic (exact) mass is 414 g/mol. The van der Waals surface area contributed by atoms with Gasteiger partial charge in [0.25, 0.3) is 0 Å². The molecule has 156 valence electrons. The quantitative estimate of drug-likeness (QED) is 0.568. The Bertz CT molecular complexity index is 1150. The number of carbonyl (C=O) groups is 1. The van der Waals surface area contributed by atoms with Crippen LogP contribution < -0.4 is 15.4 Å². The molecule has 5 rings (SSSR count). The summed E-state index contributed by atoms with van der Waals surface area (Å²) in [7, 11) is 1.64. The predicted octanol–water partition coefficient (Wildman–Crippen LogP) is 5.81. The number of rotatable bonds is 3. The largest absolute Gasteiger partial charge is 0.497 e. The number of nitrogens with one attached hydrogen (secondary N) is 2. The van der Waals surface area contributed by atoms with Gasteiger partial charge in [-0.05, 0) is 59.9 Å². The molecule has 3 aromatic carbocycles. The Balaban J connectivity index is 1.58. The molecule has 0 spiro atoms. The first-order chi connectivity index (χ1) is 15.1. The number of hydrogen-bond acceptors (Lipinski definition) is 4. The van der Waals surface area contributed by atoms with E-state index in [0.717, 1.165) is 39.5 Å². The van der Waals surface area contributed by atoms with Crippen LogP contribution in [0, 0.1) is 5.82 Å². The van der Waals surface area contributed by atoms with E-state index >= 15 is 0 Å². The van der Waals surface area contributed by atoms with E-state index in [9.17, 15) is 9.18 Å². The molecule has 2 atom stereocenters. The molecular weight excluding hydrogens is 391 g/mol. The number of fused-ring (bicyclic) bond motifs is 1. The highest BCUT2D eigenvalue weighted by Crippen LogP contribution is 2.44. The van der Waals surface area contributed by atoms with Gasteiger partial charge in [0.05, 0.1) is 24.5 Å². The van der Waals surface area contributed by atoms with Crippen molar-refractivity contribution in [3.8, 4) is 5.75 Å². The minimum Gasteiger partial charge on any atom is -0.497 e. The number of halogens is 1. The molecule has 1 aliphatic carbocycles. The van der Waals surface area contributed by atoms with E-state index in [1.54, 1.807) is 19.2 Å². The average molecular weight is 414 g/mol. The van der Waals surface area contributed by atoms with Crippen molar-refractivity contribution in [2.24, 2.45) is 0 Å². The van der Waals surface area contributed by atoms with Gasteiger partial charge < -0.3 is 15.4 Å². The topological polar surface area (TPSA) is 50.4 Å². The van der Waals surface area contributed by atoms with Gasteiger partial charge in [0.2, 0.25) is 0 Å². The van der Waals surface area contributed by atoms with Crippen molar-refractivity contribution in [2.45, 2.75) is 24.8 Å². The lowest BCUT2D eigenvalue weighted by atomic mass is 9.78. The van der Waals surface area contributed by atoms with Crippen molar-refractivity contribution in [3.05, 3.63) is 101 Å². The molecule has 4 nitrogen and oxygen atoms in total. The van der Waals surface area contributed by atoms with E-state index in [4.69, 9.17) is 4.74 Å². The number of para-hydroxylation sites is 2. The summed E-state index contributed by atoms with van der Waals surface area (Å²) < 4.78 is 18.7. The second kappa shape index (κ2) is 7.91. The number of ketones is 1. The van der Waals surface area contributed by atoms with Crippen LogP contribution in [0.2, 0.25) is 0 Å². The number of anilines is 2. The molecule has 31 heavy (non-hydrogen) atoms. The Labute approximate surface area is 180 Å². The lowest BCUT2D eigenvalue weighted by Gasteiger charge is -2.30. The highest BCUT2D eigenvalue weighted by molar-refractivity contribution is 6.01. The summed E-state index contributed by atoms with van der Waals surface area (Å²) in [6.07, 6.45) is 1.09. The van der Waals surface area contributed by atoms with Crippen LogP contribution in [0.15, 0.2) is 84.1 Å². The zero-order valence-electron chi connectivity index (χ0n) is 17.2. The Morgan fingerprint density at radius 2 is 1.55 bits per heavy atom. The first-order valence-corrected chi connectivity index (χ1v) is 10.4. The lowest BCUT2D eigenvalue weighted by molar-refractivity contribution is -0.116. The highest BCUT2D eigenvalue weighted by Gasteiger charge is 2.36. The number of methoxy groups -OCH3 is 1. The smallest absolute Gasteiger partial charge is 0.163 e. The van der Waals surface area contributed by atoms with E-state index in [0.29, 0.717) is 12.8 Å². The van der Waals surface area contributed by atoms with Crippen molar-refractivity contribution in [2.75, 3.05) is 17.7 Å². The van der Waals surface area contributed by atoms with Crippen molar-refractivity contribution in [1.82, 2.24) is 0 Å². The summed E-state index contributed by atoms with van der Waals surface area (Å²) >= 11 is 0. The summed E-state index contributed by atoms with van der Waals surface area (Å²) in [5.74, 6) is 0.623. The van der Waals surface area contributed by atoms with Crippen LogP contribution >= 0.6 is 0 Å². The van der Waals surface area contributed by atoms with Gasteiger partial charge in [-0.25, -0.2) is 4.39 Å². The molecular formula is C26H23FN2O2. The van der Waals surface area contributed by atoms with E-state index in [1.807, 2.05) is 48.5 Å². The number of allylic oxidation sites excluding steroid dienone is 1. The summed E-state index contributed by atoms with van der Waals surface area (Å²) in [5, 5.41) is 7.10. The Hall–Kier alpha value is -3.60. The molecule has 0 bridgehead atoms. The SMILES string of the molecule is COc1ccc(C2Nc3ccccc3NC3=C2C(=O)CC(c2ccc(F)cc2)C3)cc1. The maximum Gasteiger partial charge on any atom is 0.163 e. The molecule has 1 aliphatic heterocycles. The van der Waals surface area contributed by atoms with Crippen LogP contribution in [0.3, 0.4) is 0 Å². The van der Waals surface area contributed by atoms with Gasteiger partial charge in [0, 0.05) is 17.7 Å². The molecule has 0 fully saturated rings. The number of hydrogen-bond donors (Lipinski definition) is 2. The molecule has 0 aromatic heterocycles. The number of Topliss-reactive ketones (excluding diaryl/α,β-unsaturated/α-hetero) is 1. The van der Waals surface area contributed by atoms with Crippen LogP contribution in [0.1, 0.15) is 35.9 Å². The van der Waals surface area contributed by atoms with Crippen molar-refractivity contribution in [3.63, 3.8) is 0 Å². The normalized spacial score (nSPS) is 20.1.